The van der Waals surface area contributed by atoms with Gasteiger partial charge in [0.1, 0.15) is 66.4 Å². The molecule has 0 unspecified atom stereocenters. The normalized spacial score (nSPS) is 22.6. The molecule has 12 heteroatoms. The van der Waals surface area contributed by atoms with Gasteiger partial charge < -0.3 is 56.8 Å². The van der Waals surface area contributed by atoms with Gasteiger partial charge in [0.05, 0.1) is 60.0 Å². The Kier molecular flexibility index (Phi) is 21.7. The van der Waals surface area contributed by atoms with Crippen LogP contribution in [-0.4, -0.2) is 88.3 Å². The van der Waals surface area contributed by atoms with Gasteiger partial charge in [-0.2, -0.15) is 0 Å². The standard InChI is InChI=1S/C70H72O12/c1-3-43-73-65-64(75-46-53-29-15-6-16-30-53)61(81-70(79-59-41-39-58(71-2)40-42-59)67(65)77-48-55-33-19-8-20-34-55)50-78-69-68(82-62(56-35-21-9-22-36-56)57-37-23-10-24-38-57)66(76-47-54-31-17-7-18-32-54)63(74-45-52-27-13-5-14-28-52)60(80-69)49-72-44-51-25-11-4-12-26-51/h3-42,60-70H,1,43-50H2,2H3/t60-,61-,63-,64-,65+,66+,67+,68+,69+,70+/m1/s1. The van der Waals surface area contributed by atoms with Crippen molar-refractivity contribution in [3.63, 3.8) is 0 Å². The summed E-state index contributed by atoms with van der Waals surface area (Å²) in [6, 6.07) is 77.8. The minimum atomic E-state index is -1.11. The van der Waals surface area contributed by atoms with Gasteiger partial charge in [-0.3, -0.25) is 0 Å². The fraction of sp³-hybridized carbons (Fsp3) is 0.286. The van der Waals surface area contributed by atoms with E-state index in [2.05, 4.69) is 30.8 Å². The summed E-state index contributed by atoms with van der Waals surface area (Å²) < 4.78 is 83.2. The number of ether oxygens (including phenoxy) is 12. The Morgan fingerprint density at radius 2 is 0.756 bits per heavy atom. The fourth-order valence-corrected chi connectivity index (χ4v) is 10.2. The van der Waals surface area contributed by atoms with Crippen LogP contribution in [0.5, 0.6) is 11.5 Å². The van der Waals surface area contributed by atoms with Gasteiger partial charge in [-0.15, -0.1) is 6.58 Å². The zero-order chi connectivity index (χ0) is 56.0. The van der Waals surface area contributed by atoms with E-state index in [0.717, 1.165) is 38.9 Å². The fourth-order valence-electron chi connectivity index (χ4n) is 10.2. The lowest BCUT2D eigenvalue weighted by atomic mass is 9.95. The Balaban J connectivity index is 1.05. The van der Waals surface area contributed by atoms with Gasteiger partial charge in [-0.1, -0.05) is 218 Å². The molecule has 0 bridgehead atoms. The molecule has 0 amide bonds. The lowest BCUT2D eigenvalue weighted by molar-refractivity contribution is -0.347. The molecular formula is C70H72O12. The minimum absolute atomic E-state index is 0.0916. The van der Waals surface area contributed by atoms with Crippen LogP contribution < -0.4 is 9.47 Å². The third-order valence-electron chi connectivity index (χ3n) is 14.4. The molecule has 82 heavy (non-hydrogen) atoms. The number of hydrogen-bond acceptors (Lipinski definition) is 12. The van der Waals surface area contributed by atoms with E-state index in [-0.39, 0.29) is 46.2 Å². The number of hydrogen-bond donors (Lipinski definition) is 0. The van der Waals surface area contributed by atoms with Crippen molar-refractivity contribution in [2.75, 3.05) is 26.9 Å². The molecule has 2 fully saturated rings. The van der Waals surface area contributed by atoms with Crippen LogP contribution in [-0.2, 0) is 80.4 Å². The van der Waals surface area contributed by atoms with Gasteiger partial charge in [-0.25, -0.2) is 0 Å². The van der Waals surface area contributed by atoms with Crippen molar-refractivity contribution in [2.45, 2.75) is 101 Å². The average Bonchev–Trinajstić information content (AvgIpc) is 3.70. The van der Waals surface area contributed by atoms with Crippen molar-refractivity contribution in [1.82, 2.24) is 0 Å². The van der Waals surface area contributed by atoms with Crippen molar-refractivity contribution >= 4 is 0 Å². The van der Waals surface area contributed by atoms with Crippen molar-refractivity contribution < 1.29 is 56.8 Å². The van der Waals surface area contributed by atoms with Crippen LogP contribution in [0.2, 0.25) is 0 Å². The van der Waals surface area contributed by atoms with Crippen LogP contribution >= 0.6 is 0 Å². The third kappa shape index (κ3) is 16.2. The van der Waals surface area contributed by atoms with Gasteiger partial charge in [0.25, 0.3) is 0 Å². The maximum absolute atomic E-state index is 7.58. The van der Waals surface area contributed by atoms with Crippen molar-refractivity contribution in [2.24, 2.45) is 0 Å². The molecule has 10 atom stereocenters. The minimum Gasteiger partial charge on any atom is -0.497 e. The Morgan fingerprint density at radius 1 is 0.378 bits per heavy atom. The highest BCUT2D eigenvalue weighted by atomic mass is 16.8. The van der Waals surface area contributed by atoms with Crippen LogP contribution in [0.25, 0.3) is 0 Å². The van der Waals surface area contributed by atoms with E-state index in [1.165, 1.54) is 0 Å². The van der Waals surface area contributed by atoms with E-state index in [4.69, 9.17) is 56.8 Å². The average molecular weight is 1110 g/mol. The molecule has 0 N–H and O–H groups in total. The smallest absolute Gasteiger partial charge is 0.229 e. The lowest BCUT2D eigenvalue weighted by Gasteiger charge is -2.48. The number of rotatable bonds is 29. The van der Waals surface area contributed by atoms with E-state index in [0.29, 0.717) is 18.1 Å². The summed E-state index contributed by atoms with van der Waals surface area (Å²) in [7, 11) is 1.62. The zero-order valence-electron chi connectivity index (χ0n) is 46.2. The molecule has 10 rings (SSSR count). The van der Waals surface area contributed by atoms with Crippen LogP contribution in [0.15, 0.2) is 249 Å². The molecule has 2 heterocycles. The highest BCUT2D eigenvalue weighted by Gasteiger charge is 2.53. The van der Waals surface area contributed by atoms with Crippen LogP contribution in [0.3, 0.4) is 0 Å². The topological polar surface area (TPSA) is 111 Å². The summed E-state index contributed by atoms with van der Waals surface area (Å²) in [6.07, 6.45) is -7.47. The molecule has 0 aliphatic carbocycles. The van der Waals surface area contributed by atoms with Crippen molar-refractivity contribution in [3.05, 3.63) is 288 Å². The molecule has 12 nitrogen and oxygen atoms in total. The van der Waals surface area contributed by atoms with E-state index < -0.39 is 67.5 Å². The first kappa shape index (κ1) is 57.9. The lowest BCUT2D eigenvalue weighted by Crippen LogP contribution is -2.64. The Hall–Kier alpha value is -7.30. The monoisotopic (exact) mass is 1100 g/mol. The van der Waals surface area contributed by atoms with Gasteiger partial charge >= 0.3 is 0 Å². The molecule has 8 aromatic rings. The molecule has 0 saturated carbocycles. The summed E-state index contributed by atoms with van der Waals surface area (Å²) >= 11 is 0. The van der Waals surface area contributed by atoms with Gasteiger partial charge in [0.2, 0.25) is 6.29 Å². The summed E-state index contributed by atoms with van der Waals surface area (Å²) in [4.78, 5) is 0. The molecule has 8 aromatic carbocycles. The number of benzene rings is 8. The highest BCUT2D eigenvalue weighted by molar-refractivity contribution is 5.32. The molecule has 0 aromatic heterocycles. The highest BCUT2D eigenvalue weighted by Crippen LogP contribution is 2.38. The van der Waals surface area contributed by atoms with Crippen molar-refractivity contribution in [3.8, 4) is 11.5 Å². The van der Waals surface area contributed by atoms with Crippen LogP contribution in [0.1, 0.15) is 45.0 Å². The Labute approximate surface area is 482 Å². The van der Waals surface area contributed by atoms with E-state index in [9.17, 15) is 0 Å². The van der Waals surface area contributed by atoms with Gasteiger partial charge in [-0.05, 0) is 63.2 Å². The first-order chi connectivity index (χ1) is 40.6. The second kappa shape index (κ2) is 30.7. The predicted octanol–water partition coefficient (Wildman–Crippen LogP) is 12.8. The summed E-state index contributed by atoms with van der Waals surface area (Å²) in [5.41, 5.74) is 6.74. The molecule has 2 saturated heterocycles. The third-order valence-corrected chi connectivity index (χ3v) is 14.4. The first-order valence-electron chi connectivity index (χ1n) is 28.0. The summed E-state index contributed by atoms with van der Waals surface area (Å²) in [5, 5.41) is 0. The maximum Gasteiger partial charge on any atom is 0.229 e. The summed E-state index contributed by atoms with van der Waals surface area (Å²) in [6.45, 7) is 5.56. The largest absolute Gasteiger partial charge is 0.497 e. The molecule has 2 aliphatic heterocycles. The maximum atomic E-state index is 7.58. The van der Waals surface area contributed by atoms with E-state index in [1.807, 2.05) is 212 Å². The second-order valence-corrected chi connectivity index (χ2v) is 20.1. The Bertz CT molecular complexity index is 3000. The van der Waals surface area contributed by atoms with Crippen LogP contribution in [0.4, 0.5) is 0 Å². The zero-order valence-corrected chi connectivity index (χ0v) is 46.2. The van der Waals surface area contributed by atoms with Crippen LogP contribution in [0, 0.1) is 0 Å². The molecular weight excluding hydrogens is 1030 g/mol. The molecule has 0 spiro atoms. The van der Waals surface area contributed by atoms with Crippen molar-refractivity contribution in [1.29, 1.82) is 0 Å². The van der Waals surface area contributed by atoms with E-state index in [1.54, 1.807) is 13.2 Å². The SMILES string of the molecule is C=CCO[C@@H]1[C@H](OCc2ccccc2)[C@@H](Oc2ccc(OC)cc2)O[C@H](CO[C@H]2O[C@H](COCc3ccccc3)[C@@H](OCc3ccccc3)[C@H](OCc3ccccc3)[C@@H]2OC(c2ccccc2)c2ccccc2)[C@H]1OCc1ccccc1. The summed E-state index contributed by atoms with van der Waals surface area (Å²) in [5.74, 6) is 1.20. The molecule has 424 valence electrons. The predicted molar refractivity (Wildman–Crippen MR) is 313 cm³/mol. The second-order valence-electron chi connectivity index (χ2n) is 20.1. The molecule has 0 radical (unpaired) electrons. The first-order valence-corrected chi connectivity index (χ1v) is 28.0. The Morgan fingerprint density at radius 3 is 1.21 bits per heavy atom. The molecule has 2 aliphatic rings. The quantitative estimate of drug-likeness (QED) is 0.0416. The van der Waals surface area contributed by atoms with Gasteiger partial charge in [0, 0.05) is 0 Å². The van der Waals surface area contributed by atoms with Gasteiger partial charge in [0.15, 0.2) is 6.29 Å². The number of methoxy groups -OCH3 is 1. The van der Waals surface area contributed by atoms with E-state index >= 15 is 0 Å².